The number of benzene rings is 1. The Morgan fingerprint density at radius 3 is 2.50 bits per heavy atom. The molecule has 1 aliphatic rings. The zero-order chi connectivity index (χ0) is 21.5. The Hall–Kier alpha value is -3.00. The summed E-state index contributed by atoms with van der Waals surface area (Å²) in [5, 5.41) is 5.43. The lowest BCUT2D eigenvalue weighted by molar-refractivity contribution is -0.116. The van der Waals surface area contributed by atoms with E-state index < -0.39 is 23.2 Å². The number of hydrogen-bond acceptors (Lipinski definition) is 4. The summed E-state index contributed by atoms with van der Waals surface area (Å²) in [5.74, 6) is -1.30. The molecule has 1 atom stereocenters. The van der Waals surface area contributed by atoms with E-state index in [1.807, 2.05) is 0 Å². The quantitative estimate of drug-likeness (QED) is 0.728. The molecule has 1 aliphatic heterocycles. The molecular weight excluding hydrogens is 387 g/mol. The highest BCUT2D eigenvalue weighted by Crippen LogP contribution is 2.11. The van der Waals surface area contributed by atoms with Crippen molar-refractivity contribution in [1.29, 1.82) is 0 Å². The first-order chi connectivity index (χ1) is 14.4. The Morgan fingerprint density at radius 1 is 1.10 bits per heavy atom. The van der Waals surface area contributed by atoms with Gasteiger partial charge < -0.3 is 15.2 Å². The van der Waals surface area contributed by atoms with Crippen molar-refractivity contribution in [3.8, 4) is 0 Å². The van der Waals surface area contributed by atoms with Gasteiger partial charge in [-0.15, -0.1) is 0 Å². The average molecular weight is 414 g/mol. The summed E-state index contributed by atoms with van der Waals surface area (Å²) in [7, 11) is 0. The van der Waals surface area contributed by atoms with Crippen LogP contribution in [-0.2, 0) is 11.3 Å². The zero-order valence-corrected chi connectivity index (χ0v) is 17.1. The normalized spacial score (nSPS) is 15.4. The van der Waals surface area contributed by atoms with Crippen LogP contribution in [0.4, 0.5) is 10.1 Å². The van der Waals surface area contributed by atoms with E-state index in [-0.39, 0.29) is 18.2 Å². The lowest BCUT2D eigenvalue weighted by atomic mass is 10.1. The van der Waals surface area contributed by atoms with Gasteiger partial charge in [0, 0.05) is 24.5 Å². The number of carbonyl (C=O) groups excluding carboxylic acids is 2. The monoisotopic (exact) mass is 414 g/mol. The maximum atomic E-state index is 13.0. The van der Waals surface area contributed by atoms with E-state index >= 15 is 0 Å². The molecule has 0 aliphatic carbocycles. The fraction of sp³-hybridized carbons (Fsp3) is 0.409. The minimum absolute atomic E-state index is 0.00192. The highest BCUT2D eigenvalue weighted by atomic mass is 19.1. The number of anilines is 1. The van der Waals surface area contributed by atoms with Gasteiger partial charge in [0.2, 0.25) is 5.91 Å². The molecule has 1 fully saturated rings. The van der Waals surface area contributed by atoms with Gasteiger partial charge >= 0.3 is 0 Å². The van der Waals surface area contributed by atoms with Crippen molar-refractivity contribution in [2.75, 3.05) is 25.0 Å². The predicted octanol–water partition coefficient (Wildman–Crippen LogP) is 2.23. The van der Waals surface area contributed by atoms with Crippen molar-refractivity contribution in [3.05, 3.63) is 64.3 Å². The Balaban J connectivity index is 1.59. The summed E-state index contributed by atoms with van der Waals surface area (Å²) in [4.78, 5) is 39.7. The number of piperidine rings is 1. The standard InChI is InChI=1S/C22H27FN4O3/c1-16(26-11-3-2-4-12-26)14-24-21(29)19-6-5-13-27(22(19)30)15-20(28)25-18-9-7-17(23)8-10-18/h5-10,13,16H,2-4,11-12,14-15H2,1H3,(H,24,29)(H,25,28)/t16-/m1/s1. The van der Waals surface area contributed by atoms with Crippen LogP contribution >= 0.6 is 0 Å². The minimum Gasteiger partial charge on any atom is -0.350 e. The highest BCUT2D eigenvalue weighted by molar-refractivity contribution is 5.94. The molecule has 1 aromatic heterocycles. The van der Waals surface area contributed by atoms with Gasteiger partial charge in [-0.05, 0) is 69.3 Å². The van der Waals surface area contributed by atoms with Crippen molar-refractivity contribution in [3.63, 3.8) is 0 Å². The van der Waals surface area contributed by atoms with E-state index in [9.17, 15) is 18.8 Å². The van der Waals surface area contributed by atoms with E-state index in [0.29, 0.717) is 12.2 Å². The van der Waals surface area contributed by atoms with Gasteiger partial charge in [-0.2, -0.15) is 0 Å². The lowest BCUT2D eigenvalue weighted by Crippen LogP contribution is -2.45. The number of rotatable bonds is 7. The largest absolute Gasteiger partial charge is 0.350 e. The second kappa shape index (κ2) is 10.2. The van der Waals surface area contributed by atoms with Crippen molar-refractivity contribution in [2.45, 2.75) is 38.8 Å². The fourth-order valence-electron chi connectivity index (χ4n) is 3.55. The second-order valence-corrected chi connectivity index (χ2v) is 7.57. The summed E-state index contributed by atoms with van der Waals surface area (Å²) < 4.78 is 14.1. The maximum absolute atomic E-state index is 13.0. The second-order valence-electron chi connectivity index (χ2n) is 7.57. The van der Waals surface area contributed by atoms with Gasteiger partial charge in [0.15, 0.2) is 0 Å². The van der Waals surface area contributed by atoms with Crippen LogP contribution in [0.5, 0.6) is 0 Å². The molecule has 2 heterocycles. The summed E-state index contributed by atoms with van der Waals surface area (Å²) in [6.07, 6.45) is 5.04. The molecule has 2 N–H and O–H groups in total. The van der Waals surface area contributed by atoms with Crippen LogP contribution in [0.15, 0.2) is 47.4 Å². The van der Waals surface area contributed by atoms with Gasteiger partial charge in [0.05, 0.1) is 0 Å². The minimum atomic E-state index is -0.533. The van der Waals surface area contributed by atoms with E-state index in [4.69, 9.17) is 0 Å². The van der Waals surface area contributed by atoms with Crippen molar-refractivity contribution < 1.29 is 14.0 Å². The number of halogens is 1. The molecule has 30 heavy (non-hydrogen) atoms. The molecule has 0 unspecified atom stereocenters. The average Bonchev–Trinajstić information content (AvgIpc) is 2.75. The van der Waals surface area contributed by atoms with Crippen LogP contribution in [0.25, 0.3) is 0 Å². The number of nitrogens with one attached hydrogen (secondary N) is 2. The van der Waals surface area contributed by atoms with Crippen LogP contribution in [0.2, 0.25) is 0 Å². The number of likely N-dealkylation sites (tertiary alicyclic amines) is 1. The first-order valence-corrected chi connectivity index (χ1v) is 10.2. The summed E-state index contributed by atoms with van der Waals surface area (Å²) in [6.45, 7) is 4.32. The van der Waals surface area contributed by atoms with Gasteiger partial charge in [-0.1, -0.05) is 6.42 Å². The van der Waals surface area contributed by atoms with Gasteiger partial charge in [0.25, 0.3) is 11.5 Å². The smallest absolute Gasteiger partial charge is 0.263 e. The van der Waals surface area contributed by atoms with Crippen LogP contribution in [0, 0.1) is 5.82 Å². The highest BCUT2D eigenvalue weighted by Gasteiger charge is 2.19. The number of pyridine rings is 1. The molecule has 0 radical (unpaired) electrons. The molecular formula is C22H27FN4O3. The molecule has 0 bridgehead atoms. The molecule has 1 saturated heterocycles. The number of hydrogen-bond donors (Lipinski definition) is 2. The Labute approximate surface area is 174 Å². The number of nitrogens with zero attached hydrogens (tertiary/aromatic N) is 2. The predicted molar refractivity (Wildman–Crippen MR) is 113 cm³/mol. The number of amides is 2. The van der Waals surface area contributed by atoms with Gasteiger partial charge in [-0.3, -0.25) is 19.3 Å². The molecule has 3 rings (SSSR count). The summed E-state index contributed by atoms with van der Waals surface area (Å²) >= 11 is 0. The molecule has 7 nitrogen and oxygen atoms in total. The number of aromatic nitrogens is 1. The third kappa shape index (κ3) is 5.76. The molecule has 2 amide bonds. The molecule has 0 saturated carbocycles. The third-order valence-electron chi connectivity index (χ3n) is 5.28. The molecule has 2 aromatic rings. The summed E-state index contributed by atoms with van der Waals surface area (Å²) in [6, 6.07) is 8.55. The Kier molecular flexibility index (Phi) is 7.35. The van der Waals surface area contributed by atoms with Crippen molar-refractivity contribution in [2.24, 2.45) is 0 Å². The van der Waals surface area contributed by atoms with Gasteiger partial charge in [-0.25, -0.2) is 4.39 Å². The van der Waals surface area contributed by atoms with E-state index in [1.165, 1.54) is 60.4 Å². The van der Waals surface area contributed by atoms with Crippen LogP contribution in [0.3, 0.4) is 0 Å². The molecule has 0 spiro atoms. The zero-order valence-electron chi connectivity index (χ0n) is 17.1. The van der Waals surface area contributed by atoms with Gasteiger partial charge in [0.1, 0.15) is 17.9 Å². The molecule has 160 valence electrons. The van der Waals surface area contributed by atoms with Crippen LogP contribution < -0.4 is 16.2 Å². The lowest BCUT2D eigenvalue weighted by Gasteiger charge is -2.32. The molecule has 8 heteroatoms. The van der Waals surface area contributed by atoms with Crippen molar-refractivity contribution in [1.82, 2.24) is 14.8 Å². The molecule has 1 aromatic carbocycles. The van der Waals surface area contributed by atoms with Crippen molar-refractivity contribution >= 4 is 17.5 Å². The van der Waals surface area contributed by atoms with Crippen LogP contribution in [0.1, 0.15) is 36.5 Å². The third-order valence-corrected chi connectivity index (χ3v) is 5.28. The first-order valence-electron chi connectivity index (χ1n) is 10.2. The van der Waals surface area contributed by atoms with E-state index in [0.717, 1.165) is 13.1 Å². The van der Waals surface area contributed by atoms with Crippen LogP contribution in [-0.4, -0.2) is 47.0 Å². The summed E-state index contributed by atoms with van der Waals surface area (Å²) in [5.41, 5.74) is -0.108. The SMILES string of the molecule is C[C@H](CNC(=O)c1cccn(CC(=O)Nc2ccc(F)cc2)c1=O)N1CCCCC1. The topological polar surface area (TPSA) is 83.4 Å². The fourth-order valence-corrected chi connectivity index (χ4v) is 3.55. The Bertz CT molecular complexity index is 936. The maximum Gasteiger partial charge on any atom is 0.263 e. The van der Waals surface area contributed by atoms with E-state index in [2.05, 4.69) is 22.5 Å². The Morgan fingerprint density at radius 2 is 1.80 bits per heavy atom. The van der Waals surface area contributed by atoms with E-state index in [1.54, 1.807) is 6.07 Å². The number of carbonyl (C=O) groups is 2. The first kappa shape index (κ1) is 21.7.